The molecular formula is C18H26O3. The quantitative estimate of drug-likeness (QED) is 0.900. The van der Waals surface area contributed by atoms with Gasteiger partial charge in [0.05, 0.1) is 13.2 Å². The van der Waals surface area contributed by atoms with Crippen molar-refractivity contribution in [3.8, 4) is 0 Å². The van der Waals surface area contributed by atoms with Crippen LogP contribution in [0.5, 0.6) is 0 Å². The smallest absolute Gasteiger partial charge is 0.140 e. The Balaban J connectivity index is 1.72. The summed E-state index contributed by atoms with van der Waals surface area (Å²) in [5.74, 6) is 0.581. The van der Waals surface area contributed by atoms with Crippen LogP contribution in [-0.4, -0.2) is 34.6 Å². The summed E-state index contributed by atoms with van der Waals surface area (Å²) in [5.41, 5.74) is -0.0120. The average Bonchev–Trinajstić information content (AvgIpc) is 2.54. The van der Waals surface area contributed by atoms with Crippen LogP contribution in [0.3, 0.4) is 0 Å². The maximum Gasteiger partial charge on any atom is 0.140 e. The van der Waals surface area contributed by atoms with Gasteiger partial charge in [-0.15, -0.1) is 0 Å². The van der Waals surface area contributed by atoms with Gasteiger partial charge < -0.3 is 14.9 Å². The second kappa shape index (κ2) is 5.08. The number of hydrogen-bond acceptors (Lipinski definition) is 3. The zero-order chi connectivity index (χ0) is 15.1. The van der Waals surface area contributed by atoms with E-state index in [0.29, 0.717) is 5.92 Å². The molecule has 1 unspecified atom stereocenters. The lowest BCUT2D eigenvalue weighted by molar-refractivity contribution is -0.327. The predicted molar refractivity (Wildman–Crippen MR) is 82.1 cm³/mol. The van der Waals surface area contributed by atoms with Crippen LogP contribution in [0.2, 0.25) is 0 Å². The molecule has 3 rings (SSSR count). The summed E-state index contributed by atoms with van der Waals surface area (Å²) < 4.78 is 5.72. The summed E-state index contributed by atoms with van der Waals surface area (Å²) in [6, 6.07) is 10.7. The molecule has 1 aromatic rings. The van der Waals surface area contributed by atoms with Gasteiger partial charge in [-0.25, -0.2) is 0 Å². The molecule has 1 spiro atoms. The van der Waals surface area contributed by atoms with Gasteiger partial charge in [0.15, 0.2) is 0 Å². The van der Waals surface area contributed by atoms with Crippen LogP contribution >= 0.6 is 0 Å². The first kappa shape index (κ1) is 15.0. The highest BCUT2D eigenvalue weighted by Crippen LogP contribution is 2.52. The lowest BCUT2D eigenvalue weighted by atomic mass is 9.60. The summed E-state index contributed by atoms with van der Waals surface area (Å²) in [4.78, 5) is 0. The molecule has 1 saturated heterocycles. The molecule has 0 amide bonds. The maximum atomic E-state index is 10.4. The topological polar surface area (TPSA) is 49.7 Å². The summed E-state index contributed by atoms with van der Waals surface area (Å²) in [7, 11) is 0. The Morgan fingerprint density at radius 1 is 1.19 bits per heavy atom. The summed E-state index contributed by atoms with van der Waals surface area (Å²) in [6.45, 7) is 4.70. The molecule has 3 nitrogen and oxygen atoms in total. The Kier molecular flexibility index (Phi) is 3.63. The Bertz CT molecular complexity index is 484. The molecule has 0 bridgehead atoms. The van der Waals surface area contributed by atoms with Crippen molar-refractivity contribution in [3.05, 3.63) is 35.9 Å². The van der Waals surface area contributed by atoms with Crippen molar-refractivity contribution in [1.29, 1.82) is 0 Å². The molecule has 1 aromatic carbocycles. The third-order valence-corrected chi connectivity index (χ3v) is 6.03. The Morgan fingerprint density at radius 2 is 1.81 bits per heavy atom. The zero-order valence-electron chi connectivity index (χ0n) is 13.0. The van der Waals surface area contributed by atoms with Crippen molar-refractivity contribution in [2.45, 2.75) is 56.1 Å². The molecule has 2 fully saturated rings. The van der Waals surface area contributed by atoms with Gasteiger partial charge in [0, 0.05) is 0 Å². The highest BCUT2D eigenvalue weighted by molar-refractivity contribution is 5.25. The Morgan fingerprint density at radius 3 is 2.29 bits per heavy atom. The largest absolute Gasteiger partial charge is 0.393 e. The van der Waals surface area contributed by atoms with Crippen molar-refractivity contribution in [1.82, 2.24) is 0 Å². The second-order valence-corrected chi connectivity index (χ2v) is 7.33. The van der Waals surface area contributed by atoms with Crippen LogP contribution in [0.1, 0.15) is 45.1 Å². The standard InChI is InChI=1S/C18H26O3/c1-16(2,14-6-4-3-5-7-14)15-8-10-18(11-9-15)17(20,12-19)13-21-18/h3-7,15,19-20H,8-13H2,1-2H3. The first-order valence-corrected chi connectivity index (χ1v) is 7.96. The fraction of sp³-hybridized carbons (Fsp3) is 0.667. The van der Waals surface area contributed by atoms with E-state index in [-0.39, 0.29) is 18.6 Å². The summed E-state index contributed by atoms with van der Waals surface area (Å²) in [5, 5.41) is 19.9. The summed E-state index contributed by atoms with van der Waals surface area (Å²) >= 11 is 0. The van der Waals surface area contributed by atoms with E-state index in [1.165, 1.54) is 5.56 Å². The van der Waals surface area contributed by atoms with E-state index in [0.717, 1.165) is 25.7 Å². The molecule has 3 heteroatoms. The zero-order valence-corrected chi connectivity index (χ0v) is 13.0. The molecule has 1 heterocycles. The molecule has 1 atom stereocenters. The van der Waals surface area contributed by atoms with E-state index in [4.69, 9.17) is 4.74 Å². The SMILES string of the molecule is CC(C)(c1ccccc1)C1CCC2(CC1)OCC2(O)CO. The molecular weight excluding hydrogens is 264 g/mol. The van der Waals surface area contributed by atoms with Gasteiger partial charge in [-0.1, -0.05) is 44.2 Å². The molecule has 21 heavy (non-hydrogen) atoms. The van der Waals surface area contributed by atoms with Crippen LogP contribution in [0.25, 0.3) is 0 Å². The lowest BCUT2D eigenvalue weighted by Crippen LogP contribution is -2.71. The number of aliphatic hydroxyl groups is 2. The van der Waals surface area contributed by atoms with Gasteiger partial charge in [-0.3, -0.25) is 0 Å². The van der Waals surface area contributed by atoms with Crippen LogP contribution in [0.15, 0.2) is 30.3 Å². The average molecular weight is 290 g/mol. The van der Waals surface area contributed by atoms with Crippen molar-refractivity contribution in [2.24, 2.45) is 5.92 Å². The van der Waals surface area contributed by atoms with Gasteiger partial charge in [0.2, 0.25) is 0 Å². The normalized spacial score (nSPS) is 36.5. The minimum Gasteiger partial charge on any atom is -0.393 e. The Hall–Kier alpha value is -0.900. The van der Waals surface area contributed by atoms with E-state index in [1.807, 2.05) is 0 Å². The maximum absolute atomic E-state index is 10.4. The number of rotatable bonds is 3. The number of aliphatic hydroxyl groups excluding tert-OH is 1. The molecule has 0 radical (unpaired) electrons. The fourth-order valence-corrected chi connectivity index (χ4v) is 4.15. The van der Waals surface area contributed by atoms with Crippen LogP contribution in [-0.2, 0) is 10.2 Å². The minimum absolute atomic E-state index is 0.129. The van der Waals surface area contributed by atoms with E-state index in [9.17, 15) is 10.2 Å². The Labute approximate surface area is 127 Å². The molecule has 1 saturated carbocycles. The van der Waals surface area contributed by atoms with E-state index in [2.05, 4.69) is 44.2 Å². The number of hydrogen-bond donors (Lipinski definition) is 2. The molecule has 0 aromatic heterocycles. The molecule has 1 aliphatic carbocycles. The van der Waals surface area contributed by atoms with Gasteiger partial charge >= 0.3 is 0 Å². The van der Waals surface area contributed by atoms with Crippen LogP contribution < -0.4 is 0 Å². The minimum atomic E-state index is -1.02. The lowest BCUT2D eigenvalue weighted by Gasteiger charge is -2.58. The van der Waals surface area contributed by atoms with Crippen molar-refractivity contribution >= 4 is 0 Å². The molecule has 116 valence electrons. The number of benzene rings is 1. The first-order chi connectivity index (χ1) is 9.94. The van der Waals surface area contributed by atoms with E-state index >= 15 is 0 Å². The van der Waals surface area contributed by atoms with Gasteiger partial charge in [-0.05, 0) is 42.6 Å². The van der Waals surface area contributed by atoms with Crippen LogP contribution in [0.4, 0.5) is 0 Å². The molecule has 2 aliphatic rings. The monoisotopic (exact) mass is 290 g/mol. The first-order valence-electron chi connectivity index (χ1n) is 7.96. The molecule has 2 N–H and O–H groups in total. The molecule has 1 aliphatic heterocycles. The highest BCUT2D eigenvalue weighted by Gasteiger charge is 2.61. The van der Waals surface area contributed by atoms with Crippen molar-refractivity contribution in [3.63, 3.8) is 0 Å². The summed E-state index contributed by atoms with van der Waals surface area (Å²) in [6.07, 6.45) is 3.74. The van der Waals surface area contributed by atoms with Crippen molar-refractivity contribution in [2.75, 3.05) is 13.2 Å². The van der Waals surface area contributed by atoms with Gasteiger partial charge in [-0.2, -0.15) is 0 Å². The third-order valence-electron chi connectivity index (χ3n) is 6.03. The fourth-order valence-electron chi connectivity index (χ4n) is 4.15. The second-order valence-electron chi connectivity index (χ2n) is 7.33. The van der Waals surface area contributed by atoms with E-state index in [1.54, 1.807) is 0 Å². The van der Waals surface area contributed by atoms with Crippen molar-refractivity contribution < 1.29 is 14.9 Å². The van der Waals surface area contributed by atoms with Crippen LogP contribution in [0, 0.1) is 5.92 Å². The van der Waals surface area contributed by atoms with E-state index < -0.39 is 11.2 Å². The highest BCUT2D eigenvalue weighted by atomic mass is 16.6. The number of ether oxygens (including phenoxy) is 1. The third kappa shape index (κ3) is 2.23. The predicted octanol–water partition coefficient (Wildman–Crippen LogP) is 2.65. The van der Waals surface area contributed by atoms with Gasteiger partial charge in [0.25, 0.3) is 0 Å². The van der Waals surface area contributed by atoms with Gasteiger partial charge in [0.1, 0.15) is 11.2 Å².